The summed E-state index contributed by atoms with van der Waals surface area (Å²) in [6.45, 7) is 10.4. The predicted molar refractivity (Wildman–Crippen MR) is 165 cm³/mol. The van der Waals surface area contributed by atoms with E-state index in [4.69, 9.17) is 5.73 Å². The highest BCUT2D eigenvalue weighted by Crippen LogP contribution is 2.51. The Morgan fingerprint density at radius 2 is 1.76 bits per heavy atom. The van der Waals surface area contributed by atoms with Crippen molar-refractivity contribution >= 4 is 23.2 Å². The Hall–Kier alpha value is -3.82. The molecule has 2 aliphatic rings. The van der Waals surface area contributed by atoms with Gasteiger partial charge in [-0.15, -0.1) is 11.8 Å². The van der Waals surface area contributed by atoms with E-state index in [0.717, 1.165) is 45.0 Å². The van der Waals surface area contributed by atoms with Crippen molar-refractivity contribution in [2.75, 3.05) is 4.90 Å². The highest BCUT2D eigenvalue weighted by atomic mass is 32.2. The van der Waals surface area contributed by atoms with Gasteiger partial charge in [0.05, 0.1) is 17.6 Å². The number of ketones is 1. The van der Waals surface area contributed by atoms with Crippen molar-refractivity contribution in [1.82, 2.24) is 0 Å². The molecular formula is C35H36FN3OS. The zero-order chi connectivity index (χ0) is 29.5. The Kier molecular flexibility index (Phi) is 7.85. The molecule has 6 heteroatoms. The fourth-order valence-electron chi connectivity index (χ4n) is 6.10. The Labute approximate surface area is 246 Å². The van der Waals surface area contributed by atoms with Crippen LogP contribution in [-0.4, -0.2) is 5.78 Å². The minimum absolute atomic E-state index is 0.0693. The fourth-order valence-corrected chi connectivity index (χ4v) is 7.05. The van der Waals surface area contributed by atoms with Crippen LogP contribution >= 0.6 is 11.8 Å². The zero-order valence-corrected chi connectivity index (χ0v) is 25.2. The number of rotatable bonds is 6. The molecule has 1 aliphatic heterocycles. The van der Waals surface area contributed by atoms with Gasteiger partial charge in [0, 0.05) is 34.0 Å². The zero-order valence-electron chi connectivity index (χ0n) is 24.3. The molecular weight excluding hydrogens is 529 g/mol. The number of nitriles is 1. The molecule has 0 radical (unpaired) electrons. The number of benzene rings is 3. The molecule has 210 valence electrons. The number of halogens is 1. The smallest absolute Gasteiger partial charge is 0.162 e. The van der Waals surface area contributed by atoms with Crippen LogP contribution in [0, 0.1) is 36.4 Å². The first-order chi connectivity index (χ1) is 19.5. The summed E-state index contributed by atoms with van der Waals surface area (Å²) >= 11 is 1.64. The Bertz CT molecular complexity index is 1610. The minimum atomic E-state index is -0.528. The molecule has 4 nitrogen and oxygen atoms in total. The second kappa shape index (κ2) is 11.2. The summed E-state index contributed by atoms with van der Waals surface area (Å²) in [4.78, 5) is 16.9. The summed E-state index contributed by atoms with van der Waals surface area (Å²) in [6, 6.07) is 21.4. The van der Waals surface area contributed by atoms with E-state index >= 15 is 0 Å². The number of hydrogen-bond donors (Lipinski definition) is 1. The number of aryl methyl sites for hydroxylation is 2. The molecule has 0 fully saturated rings. The lowest BCUT2D eigenvalue weighted by molar-refractivity contribution is -0.118. The van der Waals surface area contributed by atoms with E-state index in [1.54, 1.807) is 23.9 Å². The number of carbonyl (C=O) groups is 1. The van der Waals surface area contributed by atoms with E-state index in [2.05, 4.69) is 58.0 Å². The Morgan fingerprint density at radius 1 is 1.07 bits per heavy atom. The molecule has 1 unspecified atom stereocenters. The van der Waals surface area contributed by atoms with Crippen LogP contribution < -0.4 is 10.6 Å². The molecule has 1 heterocycles. The molecule has 1 aliphatic carbocycles. The van der Waals surface area contributed by atoms with Gasteiger partial charge in [-0.2, -0.15) is 5.26 Å². The van der Waals surface area contributed by atoms with Crippen molar-refractivity contribution < 1.29 is 9.18 Å². The van der Waals surface area contributed by atoms with Gasteiger partial charge < -0.3 is 5.73 Å². The monoisotopic (exact) mass is 565 g/mol. The van der Waals surface area contributed by atoms with Gasteiger partial charge in [-0.25, -0.2) is 4.39 Å². The van der Waals surface area contributed by atoms with Gasteiger partial charge in [-0.3, -0.25) is 9.69 Å². The van der Waals surface area contributed by atoms with E-state index in [1.807, 2.05) is 24.0 Å². The molecule has 2 N–H and O–H groups in total. The second-order valence-electron chi connectivity index (χ2n) is 11.9. The summed E-state index contributed by atoms with van der Waals surface area (Å²) in [5.41, 5.74) is 14.9. The van der Waals surface area contributed by atoms with E-state index in [9.17, 15) is 14.4 Å². The van der Waals surface area contributed by atoms with Crippen LogP contribution in [0.1, 0.15) is 67.3 Å². The van der Waals surface area contributed by atoms with Crippen LogP contribution in [-0.2, 0) is 17.0 Å². The normalized spacial score (nSPS) is 18.4. The van der Waals surface area contributed by atoms with Crippen molar-refractivity contribution in [2.45, 2.75) is 70.4 Å². The third-order valence-electron chi connectivity index (χ3n) is 8.20. The van der Waals surface area contributed by atoms with Gasteiger partial charge in [-0.05, 0) is 90.8 Å². The molecule has 3 aromatic rings. The number of carbonyl (C=O) groups excluding carboxylic acids is 1. The second-order valence-corrected chi connectivity index (χ2v) is 12.9. The first kappa shape index (κ1) is 28.7. The summed E-state index contributed by atoms with van der Waals surface area (Å²) in [6.07, 6.45) is 2.02. The fraction of sp³-hybridized carbons (Fsp3) is 0.314. The average molecular weight is 566 g/mol. The highest BCUT2D eigenvalue weighted by molar-refractivity contribution is 7.98. The topological polar surface area (TPSA) is 70.1 Å². The van der Waals surface area contributed by atoms with E-state index < -0.39 is 5.92 Å². The van der Waals surface area contributed by atoms with Crippen molar-refractivity contribution in [3.8, 4) is 6.07 Å². The molecule has 1 atom stereocenters. The van der Waals surface area contributed by atoms with Gasteiger partial charge in [0.25, 0.3) is 0 Å². The standard InChI is InChI=1S/C35H36FN3OS/c1-6-23-7-11-26(12-8-23)39-30-17-35(4,5)18-31(40)33(30)32(29(19-37)34(39)38)28-16-21(2)15-24(22(28)3)20-41-27-13-9-25(36)10-14-27/h7-16,32H,6,17-18,20,38H2,1-5H3. The average Bonchev–Trinajstić information content (AvgIpc) is 2.93. The van der Waals surface area contributed by atoms with Gasteiger partial charge in [0.15, 0.2) is 5.78 Å². The van der Waals surface area contributed by atoms with Crippen molar-refractivity contribution in [1.29, 1.82) is 5.26 Å². The van der Waals surface area contributed by atoms with Gasteiger partial charge in [0.2, 0.25) is 0 Å². The minimum Gasteiger partial charge on any atom is -0.384 e. The Morgan fingerprint density at radius 3 is 2.39 bits per heavy atom. The number of nitrogens with two attached hydrogens (primary N) is 1. The lowest BCUT2D eigenvalue weighted by Crippen LogP contribution is -2.42. The van der Waals surface area contributed by atoms with Gasteiger partial charge >= 0.3 is 0 Å². The van der Waals surface area contributed by atoms with E-state index in [1.165, 1.54) is 17.7 Å². The third-order valence-corrected chi connectivity index (χ3v) is 9.26. The SMILES string of the molecule is CCc1ccc(N2C(N)=C(C#N)C(c3cc(C)cc(CSc4ccc(F)cc4)c3C)C3=C2CC(C)(C)CC3=O)cc1. The predicted octanol–water partition coefficient (Wildman–Crippen LogP) is 8.24. The molecule has 0 saturated carbocycles. The molecule has 3 aromatic carbocycles. The first-order valence-electron chi connectivity index (χ1n) is 14.1. The maximum absolute atomic E-state index is 14.0. The van der Waals surface area contributed by atoms with Crippen molar-refractivity contribution in [3.63, 3.8) is 0 Å². The molecule has 0 saturated heterocycles. The number of nitrogens with zero attached hydrogens (tertiary/aromatic N) is 2. The van der Waals surface area contributed by atoms with Crippen LogP contribution in [0.3, 0.4) is 0 Å². The first-order valence-corrected chi connectivity index (χ1v) is 15.0. The van der Waals surface area contributed by atoms with Crippen LogP contribution in [0.25, 0.3) is 0 Å². The molecule has 41 heavy (non-hydrogen) atoms. The molecule has 5 rings (SSSR count). The van der Waals surface area contributed by atoms with Gasteiger partial charge in [-0.1, -0.05) is 50.6 Å². The lowest BCUT2D eigenvalue weighted by atomic mass is 9.68. The largest absolute Gasteiger partial charge is 0.384 e. The number of Topliss-reactive ketones (excluding diaryl/α,β-unsaturated/α-hetero) is 1. The summed E-state index contributed by atoms with van der Waals surface area (Å²) in [5, 5.41) is 10.5. The molecule has 0 spiro atoms. The third kappa shape index (κ3) is 5.56. The van der Waals surface area contributed by atoms with Crippen LogP contribution in [0.15, 0.2) is 88.2 Å². The van der Waals surface area contributed by atoms with Gasteiger partial charge in [0.1, 0.15) is 11.6 Å². The van der Waals surface area contributed by atoms with Crippen molar-refractivity contribution in [2.24, 2.45) is 11.1 Å². The van der Waals surface area contributed by atoms with Crippen LogP contribution in [0.2, 0.25) is 0 Å². The molecule has 0 bridgehead atoms. The van der Waals surface area contributed by atoms with Crippen LogP contribution in [0.5, 0.6) is 0 Å². The maximum Gasteiger partial charge on any atom is 0.162 e. The summed E-state index contributed by atoms with van der Waals surface area (Å²) < 4.78 is 13.4. The summed E-state index contributed by atoms with van der Waals surface area (Å²) in [5.74, 6) is 0.352. The number of thioether (sulfide) groups is 1. The Balaban J connectivity index is 1.65. The number of anilines is 1. The highest BCUT2D eigenvalue weighted by Gasteiger charge is 2.45. The quantitative estimate of drug-likeness (QED) is 0.305. The maximum atomic E-state index is 14.0. The number of allylic oxidation sites excluding steroid dienone is 3. The van der Waals surface area contributed by atoms with E-state index in [-0.39, 0.29) is 17.0 Å². The number of hydrogen-bond acceptors (Lipinski definition) is 5. The van der Waals surface area contributed by atoms with Crippen LogP contribution in [0.4, 0.5) is 10.1 Å². The van der Waals surface area contributed by atoms with Crippen molar-refractivity contribution in [3.05, 3.63) is 117 Å². The molecule has 0 aromatic heterocycles. The molecule has 0 amide bonds. The summed E-state index contributed by atoms with van der Waals surface area (Å²) in [7, 11) is 0. The lowest BCUT2D eigenvalue weighted by Gasteiger charge is -2.44. The van der Waals surface area contributed by atoms with E-state index in [0.29, 0.717) is 35.6 Å².